The van der Waals surface area contributed by atoms with E-state index in [0.717, 1.165) is 5.75 Å². The first-order valence-electron chi connectivity index (χ1n) is 7.52. The Kier molecular flexibility index (Phi) is 14.9. The molecule has 0 saturated carbocycles. The number of carbonyl (C=O) groups excluding carboxylic acids is 2. The van der Waals surface area contributed by atoms with Crippen molar-refractivity contribution >= 4 is 59.8 Å². The summed E-state index contributed by atoms with van der Waals surface area (Å²) in [5.41, 5.74) is 7.19. The molecule has 0 saturated heterocycles. The van der Waals surface area contributed by atoms with Gasteiger partial charge in [-0.05, 0) is 56.8 Å². The first kappa shape index (κ1) is 26.2. The molecule has 6 nitrogen and oxygen atoms in total. The number of halogens is 2. The molecule has 9 heteroatoms. The molecule has 144 valence electrons. The van der Waals surface area contributed by atoms with Crippen LogP contribution in [0, 0.1) is 0 Å². The molecule has 0 heterocycles. The normalized spacial score (nSPS) is 11.1. The van der Waals surface area contributed by atoms with Crippen LogP contribution in [0.4, 0.5) is 11.4 Å². The minimum absolute atomic E-state index is 0. The van der Waals surface area contributed by atoms with E-state index >= 15 is 0 Å². The van der Waals surface area contributed by atoms with Gasteiger partial charge < -0.3 is 21.3 Å². The van der Waals surface area contributed by atoms with Gasteiger partial charge in [0.2, 0.25) is 11.8 Å². The van der Waals surface area contributed by atoms with Gasteiger partial charge in [-0.3, -0.25) is 9.59 Å². The maximum atomic E-state index is 11.9. The number of nitrogens with zero attached hydrogens (tertiary/aromatic N) is 1. The molecule has 0 radical (unpaired) electrons. The summed E-state index contributed by atoms with van der Waals surface area (Å²) in [6.07, 6.45) is 3.07. The molecule has 0 aliphatic heterocycles. The van der Waals surface area contributed by atoms with E-state index in [1.54, 1.807) is 36.0 Å². The lowest BCUT2D eigenvalue weighted by Gasteiger charge is -2.12. The number of thioether (sulfide) groups is 1. The molecule has 1 aromatic carbocycles. The second-order valence-electron chi connectivity index (χ2n) is 5.56. The van der Waals surface area contributed by atoms with Crippen LogP contribution < -0.4 is 16.4 Å². The first-order valence-corrected chi connectivity index (χ1v) is 8.91. The number of amides is 2. The quantitative estimate of drug-likeness (QED) is 0.581. The van der Waals surface area contributed by atoms with Gasteiger partial charge in [0.05, 0.1) is 6.04 Å². The second-order valence-corrected chi connectivity index (χ2v) is 6.54. The van der Waals surface area contributed by atoms with Crippen molar-refractivity contribution in [1.82, 2.24) is 4.90 Å². The number of benzene rings is 1. The molecule has 0 aliphatic rings. The van der Waals surface area contributed by atoms with Crippen molar-refractivity contribution in [3.05, 3.63) is 24.3 Å². The minimum atomic E-state index is -0.507. The molecule has 4 N–H and O–H groups in total. The van der Waals surface area contributed by atoms with Crippen molar-refractivity contribution in [2.24, 2.45) is 5.73 Å². The van der Waals surface area contributed by atoms with Crippen molar-refractivity contribution in [2.45, 2.75) is 18.9 Å². The van der Waals surface area contributed by atoms with Crippen LogP contribution in [0.25, 0.3) is 0 Å². The van der Waals surface area contributed by atoms with Crippen LogP contribution in [0.1, 0.15) is 12.8 Å². The average molecular weight is 411 g/mol. The zero-order valence-electron chi connectivity index (χ0n) is 14.8. The fourth-order valence-electron chi connectivity index (χ4n) is 1.80. The Morgan fingerprint density at radius 3 is 2.12 bits per heavy atom. The highest BCUT2D eigenvalue weighted by molar-refractivity contribution is 7.98. The van der Waals surface area contributed by atoms with Crippen molar-refractivity contribution in [3.63, 3.8) is 0 Å². The molecule has 0 aliphatic carbocycles. The topological polar surface area (TPSA) is 87.5 Å². The lowest BCUT2D eigenvalue weighted by atomic mass is 10.2. The van der Waals surface area contributed by atoms with Gasteiger partial charge in [-0.15, -0.1) is 24.8 Å². The predicted octanol–water partition coefficient (Wildman–Crippen LogP) is 2.44. The Labute approximate surface area is 166 Å². The van der Waals surface area contributed by atoms with E-state index in [2.05, 4.69) is 10.6 Å². The Hall–Kier alpha value is -0.990. The number of hydrogen-bond donors (Lipinski definition) is 3. The van der Waals surface area contributed by atoms with Crippen LogP contribution in [-0.4, -0.2) is 55.4 Å². The molecule has 2 amide bonds. The standard InChI is InChI=1S/C16H26N4O2S.2ClH/c1-20(2)10-8-15(21)18-12-4-6-13(7-5-12)19-16(22)14(17)9-11-23-3;;/h4-7,14H,8-11,17H2,1-3H3,(H,18,21)(H,19,22);2*1H/t14-;;/m0../s1. The van der Waals surface area contributed by atoms with E-state index in [1.807, 2.05) is 25.3 Å². The van der Waals surface area contributed by atoms with Crippen molar-refractivity contribution in [3.8, 4) is 0 Å². The van der Waals surface area contributed by atoms with Gasteiger partial charge in [0.15, 0.2) is 0 Å². The van der Waals surface area contributed by atoms with E-state index < -0.39 is 6.04 Å². The predicted molar refractivity (Wildman–Crippen MR) is 112 cm³/mol. The Balaban J connectivity index is 0. The summed E-state index contributed by atoms with van der Waals surface area (Å²) in [6.45, 7) is 0.702. The molecule has 1 aromatic rings. The average Bonchev–Trinajstić information content (AvgIpc) is 2.52. The van der Waals surface area contributed by atoms with E-state index in [4.69, 9.17) is 5.73 Å². The van der Waals surface area contributed by atoms with E-state index in [9.17, 15) is 9.59 Å². The lowest BCUT2D eigenvalue weighted by molar-refractivity contribution is -0.117. The van der Waals surface area contributed by atoms with Crippen molar-refractivity contribution < 1.29 is 9.59 Å². The highest BCUT2D eigenvalue weighted by Crippen LogP contribution is 2.14. The number of hydrogen-bond acceptors (Lipinski definition) is 5. The number of carbonyl (C=O) groups is 2. The number of nitrogens with one attached hydrogen (secondary N) is 2. The lowest BCUT2D eigenvalue weighted by Crippen LogP contribution is -2.36. The van der Waals surface area contributed by atoms with Crippen LogP contribution in [0.5, 0.6) is 0 Å². The zero-order chi connectivity index (χ0) is 17.2. The highest BCUT2D eigenvalue weighted by atomic mass is 35.5. The molecule has 0 spiro atoms. The van der Waals surface area contributed by atoms with Gasteiger partial charge in [0.25, 0.3) is 0 Å². The van der Waals surface area contributed by atoms with Gasteiger partial charge >= 0.3 is 0 Å². The van der Waals surface area contributed by atoms with Crippen LogP contribution >= 0.6 is 36.6 Å². The Morgan fingerprint density at radius 2 is 1.64 bits per heavy atom. The first-order chi connectivity index (χ1) is 10.9. The molecule has 0 aromatic heterocycles. The van der Waals surface area contributed by atoms with Crippen LogP contribution in [0.3, 0.4) is 0 Å². The molecular formula is C16H28Cl2N4O2S. The molecular weight excluding hydrogens is 383 g/mol. The van der Waals surface area contributed by atoms with Gasteiger partial charge in [0.1, 0.15) is 0 Å². The van der Waals surface area contributed by atoms with Crippen molar-refractivity contribution in [1.29, 1.82) is 0 Å². The third kappa shape index (κ3) is 11.3. The number of rotatable bonds is 9. The third-order valence-corrected chi connectivity index (χ3v) is 3.84. The maximum absolute atomic E-state index is 11.9. The van der Waals surface area contributed by atoms with Crippen LogP contribution in [-0.2, 0) is 9.59 Å². The largest absolute Gasteiger partial charge is 0.326 e. The fraction of sp³-hybridized carbons (Fsp3) is 0.500. The van der Waals surface area contributed by atoms with Crippen LogP contribution in [0.2, 0.25) is 0 Å². The molecule has 0 unspecified atom stereocenters. The SMILES string of the molecule is CSCC[C@H](N)C(=O)Nc1ccc(NC(=O)CCN(C)C)cc1.Cl.Cl. The molecule has 25 heavy (non-hydrogen) atoms. The molecule has 1 atom stereocenters. The summed E-state index contributed by atoms with van der Waals surface area (Å²) in [7, 11) is 3.85. The monoisotopic (exact) mass is 410 g/mol. The number of anilines is 2. The van der Waals surface area contributed by atoms with Gasteiger partial charge in [-0.1, -0.05) is 0 Å². The summed E-state index contributed by atoms with van der Waals surface area (Å²) in [5.74, 6) is 0.628. The van der Waals surface area contributed by atoms with E-state index in [-0.39, 0.29) is 36.6 Å². The fourth-order valence-corrected chi connectivity index (χ4v) is 2.29. The highest BCUT2D eigenvalue weighted by Gasteiger charge is 2.13. The van der Waals surface area contributed by atoms with Gasteiger partial charge in [-0.2, -0.15) is 11.8 Å². The van der Waals surface area contributed by atoms with Gasteiger partial charge in [-0.25, -0.2) is 0 Å². The van der Waals surface area contributed by atoms with Crippen LogP contribution in [0.15, 0.2) is 24.3 Å². The molecule has 0 bridgehead atoms. The molecule has 1 rings (SSSR count). The van der Waals surface area contributed by atoms with E-state index in [0.29, 0.717) is 30.8 Å². The zero-order valence-corrected chi connectivity index (χ0v) is 17.2. The smallest absolute Gasteiger partial charge is 0.241 e. The third-order valence-electron chi connectivity index (χ3n) is 3.19. The van der Waals surface area contributed by atoms with Crippen molar-refractivity contribution in [2.75, 3.05) is 43.3 Å². The summed E-state index contributed by atoms with van der Waals surface area (Å²) in [5, 5.41) is 5.60. The number of nitrogens with two attached hydrogens (primary N) is 1. The summed E-state index contributed by atoms with van der Waals surface area (Å²) >= 11 is 1.66. The summed E-state index contributed by atoms with van der Waals surface area (Å²) < 4.78 is 0. The Bertz CT molecular complexity index is 515. The maximum Gasteiger partial charge on any atom is 0.241 e. The summed E-state index contributed by atoms with van der Waals surface area (Å²) in [6, 6.07) is 6.52. The minimum Gasteiger partial charge on any atom is -0.326 e. The second kappa shape index (κ2) is 14.2. The van der Waals surface area contributed by atoms with E-state index in [1.165, 1.54) is 0 Å². The molecule has 0 fully saturated rings. The van der Waals surface area contributed by atoms with Gasteiger partial charge in [0, 0.05) is 24.3 Å². The summed E-state index contributed by atoms with van der Waals surface area (Å²) in [4.78, 5) is 25.6. The Morgan fingerprint density at radius 1 is 1.12 bits per heavy atom.